The molecule has 0 N–H and O–H groups in total. The van der Waals surface area contributed by atoms with Gasteiger partial charge < -0.3 is 0 Å². The van der Waals surface area contributed by atoms with Crippen LogP contribution in [0, 0.1) is 24.4 Å². The van der Waals surface area contributed by atoms with Gasteiger partial charge in [0.25, 0.3) is 0 Å². The molecule has 2 aromatic carbocycles. The monoisotopic (exact) mass is 382 g/mol. The van der Waals surface area contributed by atoms with Crippen LogP contribution in [-0.4, -0.2) is 0 Å². The third kappa shape index (κ3) is 2.83. The molecular weight excluding hydrogens is 376 g/mol. The normalized spacial score (nSPS) is 12.6. The van der Waals surface area contributed by atoms with Crippen molar-refractivity contribution in [3.05, 3.63) is 67.9 Å². The molecule has 20 heavy (non-hydrogen) atoms. The lowest BCUT2D eigenvalue weighted by Crippen LogP contribution is -2.05. The number of aryl methyl sites for hydroxylation is 1. The minimum absolute atomic E-state index is 0.0803. The molecule has 106 valence electrons. The maximum atomic E-state index is 14.0. The molecule has 0 nitrogen and oxygen atoms in total. The molecule has 0 aliphatic rings. The lowest BCUT2D eigenvalue weighted by atomic mass is 10.0. The fraction of sp³-hybridized carbons (Fsp3) is 0.143. The highest BCUT2D eigenvalue weighted by Crippen LogP contribution is 2.37. The van der Waals surface area contributed by atoms with Gasteiger partial charge in [0.05, 0.1) is 10.4 Å². The van der Waals surface area contributed by atoms with E-state index in [-0.39, 0.29) is 21.7 Å². The van der Waals surface area contributed by atoms with Crippen LogP contribution in [0.4, 0.5) is 13.2 Å². The van der Waals surface area contributed by atoms with Crippen molar-refractivity contribution in [1.29, 1.82) is 0 Å². The van der Waals surface area contributed by atoms with Crippen LogP contribution in [0.2, 0.25) is 5.02 Å². The number of halogens is 6. The van der Waals surface area contributed by atoms with Gasteiger partial charge in [-0.15, -0.1) is 11.6 Å². The summed E-state index contributed by atoms with van der Waals surface area (Å²) in [6.45, 7) is 1.48. The molecular formula is C14H8BrCl2F3. The van der Waals surface area contributed by atoms with Gasteiger partial charge in [0.15, 0.2) is 0 Å². The van der Waals surface area contributed by atoms with E-state index in [1.807, 2.05) is 0 Å². The summed E-state index contributed by atoms with van der Waals surface area (Å²) in [4.78, 5) is 0. The van der Waals surface area contributed by atoms with Crippen molar-refractivity contribution in [1.82, 2.24) is 0 Å². The highest BCUT2D eigenvalue weighted by Gasteiger charge is 2.24. The third-order valence-electron chi connectivity index (χ3n) is 2.89. The minimum atomic E-state index is -1.31. The van der Waals surface area contributed by atoms with Gasteiger partial charge in [-0.05, 0) is 46.6 Å². The first-order valence-electron chi connectivity index (χ1n) is 5.56. The SMILES string of the molecule is Cc1ccc(F)c(C(Cl)c2cc(Cl)c(Br)cc2F)c1F. The molecule has 1 unspecified atom stereocenters. The van der Waals surface area contributed by atoms with Crippen LogP contribution < -0.4 is 0 Å². The molecule has 1 atom stereocenters. The molecule has 0 aromatic heterocycles. The molecule has 6 heteroatoms. The second kappa shape index (κ2) is 5.96. The predicted molar refractivity (Wildman–Crippen MR) is 77.9 cm³/mol. The van der Waals surface area contributed by atoms with Gasteiger partial charge in [-0.1, -0.05) is 17.7 Å². The first-order chi connectivity index (χ1) is 9.32. The second-order valence-corrected chi connectivity index (χ2v) is 5.94. The summed E-state index contributed by atoms with van der Waals surface area (Å²) in [5, 5.41) is -1.10. The van der Waals surface area contributed by atoms with Gasteiger partial charge in [0.2, 0.25) is 0 Å². The fourth-order valence-electron chi connectivity index (χ4n) is 1.80. The van der Waals surface area contributed by atoms with Crippen molar-refractivity contribution < 1.29 is 13.2 Å². The Labute approximate surface area is 132 Å². The number of hydrogen-bond acceptors (Lipinski definition) is 0. The van der Waals surface area contributed by atoms with E-state index in [1.165, 1.54) is 19.1 Å². The van der Waals surface area contributed by atoms with Crippen molar-refractivity contribution in [3.63, 3.8) is 0 Å². The van der Waals surface area contributed by atoms with Crippen LogP contribution in [0.3, 0.4) is 0 Å². The van der Waals surface area contributed by atoms with Gasteiger partial charge in [0, 0.05) is 15.6 Å². The summed E-state index contributed by atoms with van der Waals surface area (Å²) in [5.74, 6) is -2.31. The molecule has 0 bridgehead atoms. The summed E-state index contributed by atoms with van der Waals surface area (Å²) in [7, 11) is 0. The van der Waals surface area contributed by atoms with Crippen molar-refractivity contribution >= 4 is 39.1 Å². The first-order valence-corrected chi connectivity index (χ1v) is 7.16. The predicted octanol–water partition coefficient (Wildman–Crippen LogP) is 6.16. The zero-order chi connectivity index (χ0) is 15.0. The number of alkyl halides is 1. The fourth-order valence-corrected chi connectivity index (χ4v) is 2.65. The van der Waals surface area contributed by atoms with E-state index in [0.717, 1.165) is 12.1 Å². The smallest absolute Gasteiger partial charge is 0.134 e. The maximum Gasteiger partial charge on any atom is 0.134 e. The average Bonchev–Trinajstić information content (AvgIpc) is 2.38. The van der Waals surface area contributed by atoms with Gasteiger partial charge in [0.1, 0.15) is 17.5 Å². The van der Waals surface area contributed by atoms with Crippen LogP contribution >= 0.6 is 39.1 Å². The lowest BCUT2D eigenvalue weighted by molar-refractivity contribution is 0.548. The summed E-state index contributed by atoms with van der Waals surface area (Å²) in [6.07, 6.45) is 0. The quantitative estimate of drug-likeness (QED) is 0.430. The van der Waals surface area contributed by atoms with E-state index in [2.05, 4.69) is 15.9 Å². The van der Waals surface area contributed by atoms with Crippen LogP contribution in [0.5, 0.6) is 0 Å². The Morgan fingerprint density at radius 1 is 1.10 bits per heavy atom. The topological polar surface area (TPSA) is 0 Å². The van der Waals surface area contributed by atoms with Gasteiger partial charge in [-0.25, -0.2) is 13.2 Å². The third-order valence-corrected chi connectivity index (χ3v) is 4.54. The van der Waals surface area contributed by atoms with Gasteiger partial charge in [-0.3, -0.25) is 0 Å². The Morgan fingerprint density at radius 2 is 1.75 bits per heavy atom. The van der Waals surface area contributed by atoms with Gasteiger partial charge in [-0.2, -0.15) is 0 Å². The second-order valence-electron chi connectivity index (χ2n) is 4.24. The zero-order valence-corrected chi connectivity index (χ0v) is 13.3. The summed E-state index contributed by atoms with van der Waals surface area (Å²) in [5.41, 5.74) is -0.233. The Hall–Kier alpha value is -0.710. The van der Waals surface area contributed by atoms with Gasteiger partial charge >= 0.3 is 0 Å². The van der Waals surface area contributed by atoms with E-state index in [4.69, 9.17) is 23.2 Å². The number of rotatable bonds is 2. The maximum absolute atomic E-state index is 14.0. The van der Waals surface area contributed by atoms with Crippen LogP contribution in [0.15, 0.2) is 28.7 Å². The van der Waals surface area contributed by atoms with Crippen LogP contribution in [0.1, 0.15) is 22.1 Å². The highest BCUT2D eigenvalue weighted by atomic mass is 79.9. The average molecular weight is 384 g/mol. The van der Waals surface area contributed by atoms with E-state index in [0.29, 0.717) is 4.47 Å². The van der Waals surface area contributed by atoms with E-state index < -0.39 is 22.8 Å². The highest BCUT2D eigenvalue weighted by molar-refractivity contribution is 9.10. The van der Waals surface area contributed by atoms with Crippen molar-refractivity contribution in [2.24, 2.45) is 0 Å². The molecule has 2 rings (SSSR count). The number of benzene rings is 2. The Morgan fingerprint density at radius 3 is 2.40 bits per heavy atom. The lowest BCUT2D eigenvalue weighted by Gasteiger charge is -2.15. The summed E-state index contributed by atoms with van der Waals surface area (Å²) >= 11 is 15.0. The summed E-state index contributed by atoms with van der Waals surface area (Å²) in [6, 6.07) is 4.75. The van der Waals surface area contributed by atoms with Crippen molar-refractivity contribution in [3.8, 4) is 0 Å². The molecule has 2 aromatic rings. The molecule has 0 aliphatic carbocycles. The largest absolute Gasteiger partial charge is 0.207 e. The Bertz CT molecular complexity index is 674. The molecule has 0 radical (unpaired) electrons. The van der Waals surface area contributed by atoms with E-state index >= 15 is 0 Å². The Balaban J connectivity index is 2.60. The first kappa shape index (κ1) is 15.7. The molecule has 0 saturated heterocycles. The van der Waals surface area contributed by atoms with Crippen molar-refractivity contribution in [2.45, 2.75) is 12.3 Å². The molecule has 0 aliphatic heterocycles. The Kier molecular flexibility index (Phi) is 4.67. The standard InChI is InChI=1S/C14H8BrCl2F3/c1-6-2-3-10(18)12(14(6)20)13(17)7-4-9(16)8(15)5-11(7)19/h2-5,13H,1H3. The molecule has 0 heterocycles. The van der Waals surface area contributed by atoms with Crippen molar-refractivity contribution in [2.75, 3.05) is 0 Å². The molecule has 0 amide bonds. The van der Waals surface area contributed by atoms with Crippen LogP contribution in [0.25, 0.3) is 0 Å². The number of hydrogen-bond donors (Lipinski definition) is 0. The molecule has 0 spiro atoms. The van der Waals surface area contributed by atoms with E-state index in [1.54, 1.807) is 0 Å². The van der Waals surface area contributed by atoms with E-state index in [9.17, 15) is 13.2 Å². The minimum Gasteiger partial charge on any atom is -0.207 e. The summed E-state index contributed by atoms with van der Waals surface area (Å²) < 4.78 is 42.1. The molecule has 0 saturated carbocycles. The van der Waals surface area contributed by atoms with Crippen LogP contribution in [-0.2, 0) is 0 Å². The zero-order valence-electron chi connectivity index (χ0n) is 10.2. The molecule has 0 fully saturated rings.